The summed E-state index contributed by atoms with van der Waals surface area (Å²) < 4.78 is 22.3. The van der Waals surface area contributed by atoms with Gasteiger partial charge in [0, 0.05) is 12.3 Å². The van der Waals surface area contributed by atoms with E-state index in [0.717, 1.165) is 5.52 Å². The maximum absolute atomic E-state index is 12.5. The molecule has 0 aliphatic heterocycles. The quantitative estimate of drug-likeness (QED) is 0.711. The molecule has 8 heteroatoms. The molecule has 0 saturated carbocycles. The van der Waals surface area contributed by atoms with Crippen molar-refractivity contribution in [3.8, 4) is 5.75 Å². The van der Waals surface area contributed by atoms with Crippen molar-refractivity contribution in [1.29, 1.82) is 0 Å². The first-order valence-electron chi connectivity index (χ1n) is 7.06. The van der Waals surface area contributed by atoms with Crippen LogP contribution >= 0.6 is 0 Å². The Labute approximate surface area is 140 Å². The van der Waals surface area contributed by atoms with Crippen molar-refractivity contribution in [2.75, 3.05) is 14.2 Å². The van der Waals surface area contributed by atoms with Crippen LogP contribution in [0.2, 0.25) is 0 Å². The number of hydrogen-bond acceptors (Lipinski definition) is 6. The van der Waals surface area contributed by atoms with Crippen molar-refractivity contribution in [3.63, 3.8) is 0 Å². The highest BCUT2D eigenvalue weighted by atomic mass is 32.2. The predicted molar refractivity (Wildman–Crippen MR) is 88.3 cm³/mol. The molecule has 1 aromatic carbocycles. The molecule has 0 spiro atoms. The SMILES string of the molecule is COC(=O)c1ccnc(CS(=O)c2nc3ccc(OC)cc3[nH]2)c1. The van der Waals surface area contributed by atoms with Gasteiger partial charge < -0.3 is 14.5 Å². The highest BCUT2D eigenvalue weighted by Gasteiger charge is 2.14. The molecule has 1 atom stereocenters. The number of hydrogen-bond donors (Lipinski definition) is 1. The number of nitrogens with zero attached hydrogens (tertiary/aromatic N) is 2. The third kappa shape index (κ3) is 3.28. The number of aromatic nitrogens is 3. The second kappa shape index (κ2) is 6.79. The molecule has 0 amide bonds. The number of ether oxygens (including phenoxy) is 2. The highest BCUT2D eigenvalue weighted by molar-refractivity contribution is 7.84. The molecular weight excluding hydrogens is 330 g/mol. The number of esters is 1. The maximum Gasteiger partial charge on any atom is 0.337 e. The maximum atomic E-state index is 12.5. The zero-order chi connectivity index (χ0) is 17.1. The van der Waals surface area contributed by atoms with Gasteiger partial charge >= 0.3 is 5.97 Å². The van der Waals surface area contributed by atoms with Gasteiger partial charge in [0.1, 0.15) is 5.75 Å². The number of imidazole rings is 1. The third-order valence-corrected chi connectivity index (χ3v) is 4.58. The van der Waals surface area contributed by atoms with Crippen LogP contribution in [0.4, 0.5) is 0 Å². The van der Waals surface area contributed by atoms with Crippen molar-refractivity contribution >= 4 is 27.8 Å². The molecule has 0 aliphatic carbocycles. The minimum atomic E-state index is -1.42. The fourth-order valence-corrected chi connectivity index (χ4v) is 3.19. The highest BCUT2D eigenvalue weighted by Crippen LogP contribution is 2.20. The fraction of sp³-hybridized carbons (Fsp3) is 0.188. The summed E-state index contributed by atoms with van der Waals surface area (Å²) in [5.41, 5.74) is 2.34. The average Bonchev–Trinajstić information content (AvgIpc) is 3.04. The van der Waals surface area contributed by atoms with E-state index in [-0.39, 0.29) is 5.75 Å². The summed E-state index contributed by atoms with van der Waals surface area (Å²) in [6, 6.07) is 8.49. The lowest BCUT2D eigenvalue weighted by Crippen LogP contribution is -2.05. The summed E-state index contributed by atoms with van der Waals surface area (Å²) in [5, 5.41) is 0.350. The van der Waals surface area contributed by atoms with Crippen LogP contribution in [0.1, 0.15) is 16.1 Å². The van der Waals surface area contributed by atoms with Gasteiger partial charge in [0.2, 0.25) is 0 Å². The van der Waals surface area contributed by atoms with E-state index in [9.17, 15) is 9.00 Å². The molecule has 1 unspecified atom stereocenters. The number of pyridine rings is 1. The van der Waals surface area contributed by atoms with Gasteiger partial charge in [0.25, 0.3) is 0 Å². The van der Waals surface area contributed by atoms with E-state index in [1.54, 1.807) is 37.4 Å². The van der Waals surface area contributed by atoms with E-state index in [0.29, 0.717) is 27.7 Å². The van der Waals surface area contributed by atoms with Crippen molar-refractivity contribution in [2.45, 2.75) is 10.9 Å². The lowest BCUT2D eigenvalue weighted by Gasteiger charge is -2.02. The number of benzene rings is 1. The van der Waals surface area contributed by atoms with Gasteiger partial charge in [-0.2, -0.15) is 0 Å². The number of methoxy groups -OCH3 is 2. The number of rotatable bonds is 5. The van der Waals surface area contributed by atoms with Crippen LogP contribution in [0.5, 0.6) is 5.75 Å². The first kappa shape index (κ1) is 16.1. The number of nitrogens with one attached hydrogen (secondary N) is 1. The predicted octanol–water partition coefficient (Wildman–Crippen LogP) is 2.06. The second-order valence-electron chi connectivity index (χ2n) is 4.94. The normalized spacial score (nSPS) is 12.1. The Hall–Kier alpha value is -2.74. The number of fused-ring (bicyclic) bond motifs is 1. The summed E-state index contributed by atoms with van der Waals surface area (Å²) in [6.45, 7) is 0. The lowest BCUT2D eigenvalue weighted by atomic mass is 10.2. The molecule has 1 N–H and O–H groups in total. The zero-order valence-corrected chi connectivity index (χ0v) is 13.9. The molecule has 2 aromatic heterocycles. The summed E-state index contributed by atoms with van der Waals surface area (Å²) in [7, 11) is 1.47. The van der Waals surface area contributed by atoms with Crippen LogP contribution in [-0.2, 0) is 21.3 Å². The summed E-state index contributed by atoms with van der Waals surface area (Å²) in [6.07, 6.45) is 1.49. The second-order valence-corrected chi connectivity index (χ2v) is 6.31. The van der Waals surface area contributed by atoms with Crippen molar-refractivity contribution in [3.05, 3.63) is 47.8 Å². The molecule has 2 heterocycles. The summed E-state index contributed by atoms with van der Waals surface area (Å²) in [5.74, 6) is 0.373. The Bertz CT molecular complexity index is 923. The topological polar surface area (TPSA) is 94.2 Å². The molecule has 24 heavy (non-hydrogen) atoms. The molecule has 0 aliphatic rings. The van der Waals surface area contributed by atoms with Gasteiger partial charge in [-0.05, 0) is 24.3 Å². The minimum absolute atomic E-state index is 0.141. The zero-order valence-electron chi connectivity index (χ0n) is 13.1. The number of carbonyl (C=O) groups excluding carboxylic acids is 1. The Morgan fingerprint density at radius 3 is 2.83 bits per heavy atom. The van der Waals surface area contributed by atoms with Crippen LogP contribution in [0.15, 0.2) is 41.7 Å². The van der Waals surface area contributed by atoms with E-state index in [1.807, 2.05) is 0 Å². The monoisotopic (exact) mass is 345 g/mol. The molecule has 0 fully saturated rings. The van der Waals surface area contributed by atoms with E-state index < -0.39 is 16.8 Å². The Balaban J connectivity index is 1.83. The number of aromatic amines is 1. The molecule has 0 bridgehead atoms. The first-order chi connectivity index (χ1) is 11.6. The fourth-order valence-electron chi connectivity index (χ4n) is 2.20. The van der Waals surface area contributed by atoms with Gasteiger partial charge in [-0.25, -0.2) is 9.78 Å². The Morgan fingerprint density at radius 1 is 1.25 bits per heavy atom. The van der Waals surface area contributed by atoms with Crippen LogP contribution in [0.25, 0.3) is 11.0 Å². The first-order valence-corrected chi connectivity index (χ1v) is 8.38. The Kier molecular flexibility index (Phi) is 4.57. The minimum Gasteiger partial charge on any atom is -0.497 e. The molecule has 3 rings (SSSR count). The van der Waals surface area contributed by atoms with Gasteiger partial charge in [-0.15, -0.1) is 0 Å². The van der Waals surface area contributed by atoms with Gasteiger partial charge in [-0.1, -0.05) is 0 Å². The van der Waals surface area contributed by atoms with Gasteiger partial charge in [0.15, 0.2) is 5.16 Å². The van der Waals surface area contributed by atoms with E-state index in [4.69, 9.17) is 4.74 Å². The van der Waals surface area contributed by atoms with Gasteiger partial charge in [-0.3, -0.25) is 9.19 Å². The smallest absolute Gasteiger partial charge is 0.337 e. The molecular formula is C16H15N3O4S. The number of H-pyrrole nitrogens is 1. The van der Waals surface area contributed by atoms with Crippen molar-refractivity contribution < 1.29 is 18.5 Å². The van der Waals surface area contributed by atoms with E-state index in [1.165, 1.54) is 13.3 Å². The summed E-state index contributed by atoms with van der Waals surface area (Å²) in [4.78, 5) is 23.0. The average molecular weight is 345 g/mol. The van der Waals surface area contributed by atoms with Crippen LogP contribution in [0, 0.1) is 0 Å². The molecule has 0 saturated heterocycles. The standard InChI is InChI=1S/C16H15N3O4S/c1-22-12-3-4-13-14(8-12)19-16(18-13)24(21)9-11-7-10(5-6-17-11)15(20)23-2/h3-8H,9H2,1-2H3,(H,18,19). The van der Waals surface area contributed by atoms with Crippen LogP contribution in [-0.4, -0.2) is 39.3 Å². The molecule has 7 nitrogen and oxygen atoms in total. The van der Waals surface area contributed by atoms with E-state index >= 15 is 0 Å². The van der Waals surface area contributed by atoms with Gasteiger partial charge in [0.05, 0.1) is 53.1 Å². The largest absolute Gasteiger partial charge is 0.497 e. The lowest BCUT2D eigenvalue weighted by molar-refractivity contribution is 0.0600. The van der Waals surface area contributed by atoms with Crippen LogP contribution < -0.4 is 4.74 Å². The molecule has 0 radical (unpaired) electrons. The van der Waals surface area contributed by atoms with Crippen molar-refractivity contribution in [1.82, 2.24) is 15.0 Å². The number of carbonyl (C=O) groups is 1. The molecule has 124 valence electrons. The van der Waals surface area contributed by atoms with E-state index in [2.05, 4.69) is 19.7 Å². The molecule has 3 aromatic rings. The van der Waals surface area contributed by atoms with Crippen LogP contribution in [0.3, 0.4) is 0 Å². The third-order valence-electron chi connectivity index (χ3n) is 3.40. The van der Waals surface area contributed by atoms with Crippen molar-refractivity contribution in [2.24, 2.45) is 0 Å². The Morgan fingerprint density at radius 2 is 2.08 bits per heavy atom. The summed E-state index contributed by atoms with van der Waals surface area (Å²) >= 11 is 0.